The third-order valence-corrected chi connectivity index (χ3v) is 5.98. The molecular formula is C25H29F3O3. The second-order valence-corrected chi connectivity index (χ2v) is 8.09. The summed E-state index contributed by atoms with van der Waals surface area (Å²) in [5.74, 6) is -2.50. The molecule has 2 aromatic carbocycles. The van der Waals surface area contributed by atoms with Crippen molar-refractivity contribution in [1.29, 1.82) is 0 Å². The van der Waals surface area contributed by atoms with E-state index in [1.807, 2.05) is 19.1 Å². The topological polar surface area (TPSA) is 35.5 Å². The number of benzene rings is 2. The molecule has 3 rings (SSSR count). The third kappa shape index (κ3) is 5.60. The van der Waals surface area contributed by atoms with Gasteiger partial charge in [0.25, 0.3) is 0 Å². The Bertz CT molecular complexity index is 874. The molecule has 0 N–H and O–H groups in total. The van der Waals surface area contributed by atoms with E-state index in [9.17, 15) is 18.0 Å². The van der Waals surface area contributed by atoms with Crippen LogP contribution < -0.4 is 4.74 Å². The molecule has 1 aliphatic rings. The lowest BCUT2D eigenvalue weighted by Crippen LogP contribution is -2.28. The average Bonchev–Trinajstić information content (AvgIpc) is 2.80. The molecule has 0 spiro atoms. The Morgan fingerprint density at radius 3 is 2.32 bits per heavy atom. The molecule has 0 aliphatic heterocycles. The van der Waals surface area contributed by atoms with Crippen molar-refractivity contribution in [3.8, 4) is 16.9 Å². The van der Waals surface area contributed by atoms with Gasteiger partial charge in [0.2, 0.25) is 5.82 Å². The lowest BCUT2D eigenvalue weighted by atomic mass is 9.82. The first kappa shape index (κ1) is 23.2. The van der Waals surface area contributed by atoms with E-state index >= 15 is 0 Å². The largest absolute Gasteiger partial charge is 0.494 e. The van der Waals surface area contributed by atoms with E-state index in [0.29, 0.717) is 30.7 Å². The first-order valence-electron chi connectivity index (χ1n) is 10.9. The van der Waals surface area contributed by atoms with Crippen molar-refractivity contribution in [1.82, 2.24) is 0 Å². The Kier molecular flexibility index (Phi) is 7.99. The van der Waals surface area contributed by atoms with Gasteiger partial charge in [0.1, 0.15) is 6.10 Å². The van der Waals surface area contributed by atoms with Crippen LogP contribution in [-0.2, 0) is 9.53 Å². The number of hydrogen-bond acceptors (Lipinski definition) is 3. The number of halogens is 3. The summed E-state index contributed by atoms with van der Waals surface area (Å²) in [6, 6.07) is 10.3. The van der Waals surface area contributed by atoms with Crippen LogP contribution in [0.25, 0.3) is 11.1 Å². The summed E-state index contributed by atoms with van der Waals surface area (Å²) in [6.07, 6.45) is 3.00. The third-order valence-electron chi connectivity index (χ3n) is 5.98. The van der Waals surface area contributed by atoms with Crippen molar-refractivity contribution in [2.24, 2.45) is 0 Å². The van der Waals surface area contributed by atoms with E-state index in [4.69, 9.17) is 9.47 Å². The number of esters is 1. The van der Waals surface area contributed by atoms with Crippen molar-refractivity contribution in [3.05, 3.63) is 53.6 Å². The number of rotatable bonds is 8. The van der Waals surface area contributed by atoms with Crippen LogP contribution in [0.2, 0.25) is 0 Å². The number of carbonyl (C=O) groups excluding carboxylic acids is 1. The molecule has 0 heterocycles. The van der Waals surface area contributed by atoms with Crippen LogP contribution in [0.5, 0.6) is 5.75 Å². The molecule has 0 aromatic heterocycles. The fourth-order valence-corrected chi connectivity index (χ4v) is 4.10. The zero-order valence-corrected chi connectivity index (χ0v) is 18.0. The maximum absolute atomic E-state index is 14.3. The van der Waals surface area contributed by atoms with E-state index in [0.717, 1.165) is 24.8 Å². The van der Waals surface area contributed by atoms with Crippen LogP contribution in [0.4, 0.5) is 13.2 Å². The molecule has 0 radical (unpaired) electrons. The number of hydrogen-bond donors (Lipinski definition) is 0. The van der Waals surface area contributed by atoms with E-state index < -0.39 is 23.8 Å². The maximum atomic E-state index is 14.3. The van der Waals surface area contributed by atoms with Crippen LogP contribution in [0.15, 0.2) is 36.4 Å². The van der Waals surface area contributed by atoms with Gasteiger partial charge in [-0.05, 0) is 61.3 Å². The van der Waals surface area contributed by atoms with Gasteiger partial charge < -0.3 is 9.47 Å². The summed E-state index contributed by atoms with van der Waals surface area (Å²) < 4.78 is 52.3. The quantitative estimate of drug-likeness (QED) is 0.432. The van der Waals surface area contributed by atoms with E-state index in [-0.39, 0.29) is 23.8 Å². The predicted octanol–water partition coefficient (Wildman–Crippen LogP) is 6.74. The molecule has 1 aliphatic carbocycles. The van der Waals surface area contributed by atoms with Crippen LogP contribution >= 0.6 is 0 Å². The van der Waals surface area contributed by atoms with Gasteiger partial charge in [-0.15, -0.1) is 0 Å². The summed E-state index contributed by atoms with van der Waals surface area (Å²) in [4.78, 5) is 11.9. The number of methoxy groups -OCH3 is 1. The molecular weight excluding hydrogens is 405 g/mol. The van der Waals surface area contributed by atoms with Gasteiger partial charge in [-0.3, -0.25) is 0 Å². The maximum Gasteiger partial charge on any atom is 0.340 e. The molecule has 0 saturated heterocycles. The lowest BCUT2D eigenvalue weighted by molar-refractivity contribution is -0.157. The molecule has 0 amide bonds. The first-order valence-corrected chi connectivity index (χ1v) is 10.9. The zero-order chi connectivity index (χ0) is 22.4. The molecule has 2 aromatic rings. The lowest BCUT2D eigenvalue weighted by Gasteiger charge is -2.29. The van der Waals surface area contributed by atoms with Crippen molar-refractivity contribution in [2.45, 2.75) is 70.1 Å². The van der Waals surface area contributed by atoms with Crippen molar-refractivity contribution < 1.29 is 27.4 Å². The van der Waals surface area contributed by atoms with Gasteiger partial charge in [0.05, 0.1) is 7.11 Å². The number of ether oxygens (including phenoxy) is 2. The second-order valence-electron chi connectivity index (χ2n) is 8.09. The summed E-state index contributed by atoms with van der Waals surface area (Å²) in [5, 5.41) is 0. The highest BCUT2D eigenvalue weighted by Crippen LogP contribution is 2.36. The minimum atomic E-state index is -1.53. The predicted molar refractivity (Wildman–Crippen MR) is 114 cm³/mol. The molecule has 1 fully saturated rings. The fourth-order valence-electron chi connectivity index (χ4n) is 4.10. The van der Waals surface area contributed by atoms with Gasteiger partial charge in [0, 0.05) is 5.56 Å². The average molecular weight is 434 g/mol. The Balaban J connectivity index is 1.57. The zero-order valence-electron chi connectivity index (χ0n) is 18.0. The SMILES string of the molecule is CCCC[C@H](F)C(=O)OC1CCC(c2ccc(-c3ccc(OC)c(F)c3F)cc2)CC1. The molecule has 168 valence electrons. The summed E-state index contributed by atoms with van der Waals surface area (Å²) in [5.41, 5.74) is 1.88. The fraction of sp³-hybridized carbons (Fsp3) is 0.480. The highest BCUT2D eigenvalue weighted by Gasteiger charge is 2.28. The number of unbranched alkanes of at least 4 members (excludes halogenated alkanes) is 1. The Labute approximate surface area is 181 Å². The van der Waals surface area contributed by atoms with Gasteiger partial charge in [0.15, 0.2) is 17.7 Å². The van der Waals surface area contributed by atoms with Gasteiger partial charge >= 0.3 is 5.97 Å². The van der Waals surface area contributed by atoms with Gasteiger partial charge in [-0.25, -0.2) is 13.6 Å². The molecule has 1 saturated carbocycles. The van der Waals surface area contributed by atoms with E-state index in [1.54, 1.807) is 12.1 Å². The van der Waals surface area contributed by atoms with Crippen LogP contribution in [0.3, 0.4) is 0 Å². The van der Waals surface area contributed by atoms with E-state index in [1.165, 1.54) is 19.2 Å². The number of carbonyl (C=O) groups is 1. The molecule has 31 heavy (non-hydrogen) atoms. The Morgan fingerprint density at radius 1 is 1.03 bits per heavy atom. The van der Waals surface area contributed by atoms with E-state index in [2.05, 4.69) is 0 Å². The van der Waals surface area contributed by atoms with Crippen LogP contribution in [0.1, 0.15) is 63.4 Å². The Hall–Kier alpha value is -2.50. The summed E-state index contributed by atoms with van der Waals surface area (Å²) >= 11 is 0. The van der Waals surface area contributed by atoms with Gasteiger partial charge in [-0.2, -0.15) is 4.39 Å². The normalized spacial score (nSPS) is 19.6. The highest BCUT2D eigenvalue weighted by atomic mass is 19.2. The molecule has 0 bridgehead atoms. The first-order chi connectivity index (χ1) is 14.9. The highest BCUT2D eigenvalue weighted by molar-refractivity contribution is 5.74. The second kappa shape index (κ2) is 10.7. The molecule has 1 atom stereocenters. The van der Waals surface area contributed by atoms with Crippen molar-refractivity contribution in [3.63, 3.8) is 0 Å². The van der Waals surface area contributed by atoms with Crippen LogP contribution in [0, 0.1) is 11.6 Å². The minimum absolute atomic E-state index is 0.125. The minimum Gasteiger partial charge on any atom is -0.494 e. The molecule has 0 unspecified atom stereocenters. The summed E-state index contributed by atoms with van der Waals surface area (Å²) in [6.45, 7) is 1.96. The van der Waals surface area contributed by atoms with Crippen molar-refractivity contribution >= 4 is 5.97 Å². The smallest absolute Gasteiger partial charge is 0.340 e. The van der Waals surface area contributed by atoms with Crippen LogP contribution in [-0.4, -0.2) is 25.4 Å². The summed E-state index contributed by atoms with van der Waals surface area (Å²) in [7, 11) is 1.30. The molecule has 3 nitrogen and oxygen atoms in total. The van der Waals surface area contributed by atoms with Crippen molar-refractivity contribution in [2.75, 3.05) is 7.11 Å². The van der Waals surface area contributed by atoms with Gasteiger partial charge in [-0.1, -0.05) is 44.0 Å². The Morgan fingerprint density at radius 2 is 1.71 bits per heavy atom. The molecule has 6 heteroatoms. The monoisotopic (exact) mass is 434 g/mol. The standard InChI is InChI=1S/C25H29F3O3/c1-3-4-5-21(26)25(29)31-19-12-10-17(11-13-19)16-6-8-18(9-7-16)20-14-15-22(30-2)24(28)23(20)27/h6-9,14-15,17,19,21H,3-5,10-13H2,1-2H3/t17?,19?,21-/m0/s1. The number of alkyl halides is 1.